The van der Waals surface area contributed by atoms with Gasteiger partial charge in [-0.15, -0.1) is 0 Å². The Kier molecular flexibility index (Phi) is 1.33. The molecule has 0 aromatic rings. The average molecular weight is 100 g/mol. The zero-order chi connectivity index (χ0) is 5.28. The van der Waals surface area contributed by atoms with E-state index in [1.54, 1.807) is 0 Å². The molecule has 2 atom stereocenters. The molecule has 0 aromatic heterocycles. The standard InChI is InChI=1S/C6H12O/c1-5-2-3-6(7)4-5/h5-7H,2-4H2,1H3/t5-,6?/m0/s1. The quantitative estimate of drug-likeness (QED) is 0.484. The van der Waals surface area contributed by atoms with Crippen LogP contribution in [0, 0.1) is 5.92 Å². The Morgan fingerprint density at radius 1 is 1.43 bits per heavy atom. The first-order chi connectivity index (χ1) is 3.29. The predicted octanol–water partition coefficient (Wildman–Crippen LogP) is 1.17. The Balaban J connectivity index is 2.26. The van der Waals surface area contributed by atoms with Gasteiger partial charge in [0.25, 0.3) is 0 Å². The van der Waals surface area contributed by atoms with Gasteiger partial charge in [0.15, 0.2) is 0 Å². The zero-order valence-corrected chi connectivity index (χ0v) is 4.72. The molecular weight excluding hydrogens is 88.1 g/mol. The van der Waals surface area contributed by atoms with Gasteiger partial charge in [-0.25, -0.2) is 0 Å². The minimum absolute atomic E-state index is 0.0231. The fraction of sp³-hybridized carbons (Fsp3) is 1.00. The lowest BCUT2D eigenvalue weighted by molar-refractivity contribution is 0.179. The molecule has 0 amide bonds. The number of aliphatic hydroxyl groups excluding tert-OH is 1. The number of aliphatic hydroxyl groups is 1. The van der Waals surface area contributed by atoms with Crippen molar-refractivity contribution in [2.24, 2.45) is 5.92 Å². The van der Waals surface area contributed by atoms with Crippen LogP contribution in [0.4, 0.5) is 0 Å². The molecule has 1 N–H and O–H groups in total. The van der Waals surface area contributed by atoms with E-state index in [-0.39, 0.29) is 6.10 Å². The van der Waals surface area contributed by atoms with Gasteiger partial charge in [0, 0.05) is 0 Å². The average Bonchev–Trinajstić information content (AvgIpc) is 1.87. The predicted molar refractivity (Wildman–Crippen MR) is 29.0 cm³/mol. The van der Waals surface area contributed by atoms with Gasteiger partial charge < -0.3 is 5.11 Å². The lowest BCUT2D eigenvalue weighted by Gasteiger charge is -1.95. The van der Waals surface area contributed by atoms with Gasteiger partial charge in [-0.05, 0) is 25.2 Å². The summed E-state index contributed by atoms with van der Waals surface area (Å²) in [5.41, 5.74) is 0. The Labute approximate surface area is 44.4 Å². The van der Waals surface area contributed by atoms with Crippen LogP contribution < -0.4 is 0 Å². The molecular formula is C6H12O. The summed E-state index contributed by atoms with van der Waals surface area (Å²) in [6.07, 6.45) is 3.30. The molecule has 0 spiro atoms. The van der Waals surface area contributed by atoms with Gasteiger partial charge in [0.2, 0.25) is 0 Å². The third kappa shape index (κ3) is 1.16. The highest BCUT2D eigenvalue weighted by atomic mass is 16.3. The van der Waals surface area contributed by atoms with Gasteiger partial charge >= 0.3 is 0 Å². The minimum atomic E-state index is 0.0231. The highest BCUT2D eigenvalue weighted by Gasteiger charge is 2.17. The van der Waals surface area contributed by atoms with E-state index >= 15 is 0 Å². The van der Waals surface area contributed by atoms with E-state index in [9.17, 15) is 0 Å². The van der Waals surface area contributed by atoms with Crippen molar-refractivity contribution in [3.8, 4) is 0 Å². The molecule has 0 bridgehead atoms. The van der Waals surface area contributed by atoms with Crippen molar-refractivity contribution in [3.05, 3.63) is 0 Å². The fourth-order valence-corrected chi connectivity index (χ4v) is 1.18. The summed E-state index contributed by atoms with van der Waals surface area (Å²) < 4.78 is 0. The normalized spacial score (nSPS) is 42.0. The summed E-state index contributed by atoms with van der Waals surface area (Å²) >= 11 is 0. The van der Waals surface area contributed by atoms with Crippen molar-refractivity contribution >= 4 is 0 Å². The number of hydrogen-bond acceptors (Lipinski definition) is 1. The molecule has 1 aliphatic carbocycles. The van der Waals surface area contributed by atoms with Crippen molar-refractivity contribution in [1.82, 2.24) is 0 Å². The molecule has 1 heteroatoms. The van der Waals surface area contributed by atoms with E-state index in [0.717, 1.165) is 18.8 Å². The smallest absolute Gasteiger partial charge is 0.0542 e. The molecule has 0 heterocycles. The van der Waals surface area contributed by atoms with Gasteiger partial charge in [0.1, 0.15) is 0 Å². The maximum Gasteiger partial charge on any atom is 0.0542 e. The van der Waals surface area contributed by atoms with Crippen LogP contribution in [0.15, 0.2) is 0 Å². The molecule has 1 saturated carbocycles. The van der Waals surface area contributed by atoms with E-state index < -0.39 is 0 Å². The van der Waals surface area contributed by atoms with Crippen LogP contribution in [0.3, 0.4) is 0 Å². The molecule has 0 saturated heterocycles. The molecule has 1 fully saturated rings. The van der Waals surface area contributed by atoms with Gasteiger partial charge in [-0.1, -0.05) is 6.92 Å². The maximum absolute atomic E-state index is 8.90. The van der Waals surface area contributed by atoms with Gasteiger partial charge in [-0.2, -0.15) is 0 Å². The molecule has 1 unspecified atom stereocenters. The lowest BCUT2D eigenvalue weighted by Crippen LogP contribution is -1.97. The van der Waals surface area contributed by atoms with Crippen LogP contribution in [-0.2, 0) is 0 Å². The van der Waals surface area contributed by atoms with Crippen molar-refractivity contribution in [1.29, 1.82) is 0 Å². The van der Waals surface area contributed by atoms with E-state index in [1.807, 2.05) is 0 Å². The topological polar surface area (TPSA) is 20.2 Å². The van der Waals surface area contributed by atoms with E-state index in [1.165, 1.54) is 6.42 Å². The molecule has 0 radical (unpaired) electrons. The van der Waals surface area contributed by atoms with Crippen LogP contribution in [-0.4, -0.2) is 11.2 Å². The summed E-state index contributed by atoms with van der Waals surface area (Å²) in [7, 11) is 0. The third-order valence-corrected chi connectivity index (χ3v) is 1.67. The first kappa shape index (κ1) is 5.10. The van der Waals surface area contributed by atoms with E-state index in [4.69, 9.17) is 5.11 Å². The van der Waals surface area contributed by atoms with Crippen LogP contribution >= 0.6 is 0 Å². The summed E-state index contributed by atoms with van der Waals surface area (Å²) in [5.74, 6) is 0.773. The molecule has 0 aliphatic heterocycles. The maximum atomic E-state index is 8.90. The highest BCUT2D eigenvalue weighted by molar-refractivity contribution is 4.70. The van der Waals surface area contributed by atoms with E-state index in [0.29, 0.717) is 0 Å². The van der Waals surface area contributed by atoms with Crippen LogP contribution in [0.1, 0.15) is 26.2 Å². The van der Waals surface area contributed by atoms with Gasteiger partial charge in [-0.3, -0.25) is 0 Å². The molecule has 42 valence electrons. The number of hydrogen-bond donors (Lipinski definition) is 1. The summed E-state index contributed by atoms with van der Waals surface area (Å²) in [6.45, 7) is 2.19. The SMILES string of the molecule is C[C@H]1CCC(O)C1. The van der Waals surface area contributed by atoms with Crippen LogP contribution in [0.2, 0.25) is 0 Å². The summed E-state index contributed by atoms with van der Waals surface area (Å²) in [4.78, 5) is 0. The zero-order valence-electron chi connectivity index (χ0n) is 4.72. The Hall–Kier alpha value is -0.0400. The van der Waals surface area contributed by atoms with Crippen molar-refractivity contribution in [2.75, 3.05) is 0 Å². The fourth-order valence-electron chi connectivity index (χ4n) is 1.18. The first-order valence-corrected chi connectivity index (χ1v) is 2.97. The van der Waals surface area contributed by atoms with Crippen molar-refractivity contribution < 1.29 is 5.11 Å². The van der Waals surface area contributed by atoms with Crippen LogP contribution in [0.5, 0.6) is 0 Å². The Morgan fingerprint density at radius 3 is 2.29 bits per heavy atom. The molecule has 1 rings (SSSR count). The van der Waals surface area contributed by atoms with Crippen molar-refractivity contribution in [3.63, 3.8) is 0 Å². The Bertz CT molecular complexity index is 53.2. The molecule has 7 heavy (non-hydrogen) atoms. The van der Waals surface area contributed by atoms with Crippen LogP contribution in [0.25, 0.3) is 0 Å². The second kappa shape index (κ2) is 1.83. The second-order valence-electron chi connectivity index (χ2n) is 2.57. The second-order valence-corrected chi connectivity index (χ2v) is 2.57. The lowest BCUT2D eigenvalue weighted by atomic mass is 10.1. The minimum Gasteiger partial charge on any atom is -0.393 e. The Morgan fingerprint density at radius 2 is 2.14 bits per heavy atom. The molecule has 0 aromatic carbocycles. The van der Waals surface area contributed by atoms with E-state index in [2.05, 4.69) is 6.92 Å². The first-order valence-electron chi connectivity index (χ1n) is 2.97. The van der Waals surface area contributed by atoms with Crippen molar-refractivity contribution in [2.45, 2.75) is 32.3 Å². The van der Waals surface area contributed by atoms with Gasteiger partial charge in [0.05, 0.1) is 6.10 Å². The third-order valence-electron chi connectivity index (χ3n) is 1.67. The largest absolute Gasteiger partial charge is 0.393 e. The summed E-state index contributed by atoms with van der Waals surface area (Å²) in [5, 5.41) is 8.90. The highest BCUT2D eigenvalue weighted by Crippen LogP contribution is 2.23. The molecule has 1 aliphatic rings. The number of rotatable bonds is 0. The molecule has 1 nitrogen and oxygen atoms in total. The monoisotopic (exact) mass is 100 g/mol. The summed E-state index contributed by atoms with van der Waals surface area (Å²) in [6, 6.07) is 0.